The minimum absolute atomic E-state index is 0.557. The van der Waals surface area contributed by atoms with Crippen LogP contribution in [0, 0.1) is 0 Å². The Morgan fingerprint density at radius 2 is 1.71 bits per heavy atom. The molecule has 120 valence electrons. The third-order valence-corrected chi connectivity index (χ3v) is 3.83. The number of nitrogens with one attached hydrogen (secondary N) is 2. The molecule has 0 heterocycles. The molecule has 4 heteroatoms. The predicted molar refractivity (Wildman–Crippen MR) is 96.7 cm³/mol. The number of para-hydroxylation sites is 1. The van der Waals surface area contributed by atoms with Gasteiger partial charge >= 0.3 is 0 Å². The summed E-state index contributed by atoms with van der Waals surface area (Å²) in [6.45, 7) is 0.679. The number of hydrogen-bond acceptors (Lipinski definition) is 3. The molecule has 0 aliphatic rings. The fraction of sp³-hybridized carbons (Fsp3) is 0.0500. The lowest BCUT2D eigenvalue weighted by molar-refractivity contribution is -0.124. The standard InChI is InChI=1S/C20H18N2O2/c23-20(22-24)13-12-16-7-2-4-11-19(16)21-14-17-9-5-8-15-6-1-3-10-18(15)17/h1-13,21,24H,14H2,(H,22,23). The van der Waals surface area contributed by atoms with Crippen LogP contribution in [0.2, 0.25) is 0 Å². The number of carbonyl (C=O) groups excluding carboxylic acids is 1. The Labute approximate surface area is 140 Å². The second-order valence-corrected chi connectivity index (χ2v) is 5.39. The zero-order valence-electron chi connectivity index (χ0n) is 13.1. The highest BCUT2D eigenvalue weighted by molar-refractivity contribution is 5.92. The molecule has 1 amide bonds. The molecular formula is C20H18N2O2. The lowest BCUT2D eigenvalue weighted by Gasteiger charge is -2.11. The second kappa shape index (κ2) is 7.44. The summed E-state index contributed by atoms with van der Waals surface area (Å²) >= 11 is 0. The van der Waals surface area contributed by atoms with E-state index in [2.05, 4.69) is 35.6 Å². The zero-order valence-corrected chi connectivity index (χ0v) is 13.1. The molecule has 4 nitrogen and oxygen atoms in total. The SMILES string of the molecule is O=C(C=Cc1ccccc1NCc1cccc2ccccc12)NO. The van der Waals surface area contributed by atoms with Crippen molar-refractivity contribution in [3.8, 4) is 0 Å². The van der Waals surface area contributed by atoms with E-state index >= 15 is 0 Å². The molecule has 0 aliphatic carbocycles. The van der Waals surface area contributed by atoms with Gasteiger partial charge in [-0.05, 0) is 34.0 Å². The number of fused-ring (bicyclic) bond motifs is 1. The van der Waals surface area contributed by atoms with Crippen LogP contribution in [0.5, 0.6) is 0 Å². The first-order valence-corrected chi connectivity index (χ1v) is 7.69. The van der Waals surface area contributed by atoms with Crippen molar-refractivity contribution in [1.82, 2.24) is 5.48 Å². The van der Waals surface area contributed by atoms with Crippen LogP contribution in [0.4, 0.5) is 5.69 Å². The van der Waals surface area contributed by atoms with Gasteiger partial charge in [0.15, 0.2) is 0 Å². The average molecular weight is 318 g/mol. The maximum Gasteiger partial charge on any atom is 0.267 e. The molecule has 0 radical (unpaired) electrons. The first-order valence-electron chi connectivity index (χ1n) is 7.69. The van der Waals surface area contributed by atoms with Crippen LogP contribution in [0.25, 0.3) is 16.8 Å². The number of hydrogen-bond donors (Lipinski definition) is 3. The Morgan fingerprint density at radius 1 is 0.958 bits per heavy atom. The molecule has 3 rings (SSSR count). The van der Waals surface area contributed by atoms with Gasteiger partial charge in [-0.3, -0.25) is 10.0 Å². The molecule has 0 bridgehead atoms. The predicted octanol–water partition coefficient (Wildman–Crippen LogP) is 3.97. The van der Waals surface area contributed by atoms with E-state index in [-0.39, 0.29) is 0 Å². The van der Waals surface area contributed by atoms with Crippen molar-refractivity contribution in [2.75, 3.05) is 5.32 Å². The number of hydroxylamine groups is 1. The van der Waals surface area contributed by atoms with Crippen molar-refractivity contribution in [2.45, 2.75) is 6.54 Å². The van der Waals surface area contributed by atoms with Crippen LogP contribution in [0.1, 0.15) is 11.1 Å². The van der Waals surface area contributed by atoms with E-state index in [0.717, 1.165) is 11.3 Å². The van der Waals surface area contributed by atoms with Crippen molar-refractivity contribution < 1.29 is 10.0 Å². The average Bonchev–Trinajstić information content (AvgIpc) is 2.65. The second-order valence-electron chi connectivity index (χ2n) is 5.39. The summed E-state index contributed by atoms with van der Waals surface area (Å²) in [5.41, 5.74) is 4.59. The first-order chi connectivity index (χ1) is 11.8. The molecule has 0 aliphatic heterocycles. The number of rotatable bonds is 5. The molecule has 3 N–H and O–H groups in total. The molecule has 0 aromatic heterocycles. The summed E-state index contributed by atoms with van der Waals surface area (Å²) in [4.78, 5) is 11.2. The monoisotopic (exact) mass is 318 g/mol. The Kier molecular flexibility index (Phi) is 4.89. The lowest BCUT2D eigenvalue weighted by Crippen LogP contribution is -2.14. The minimum atomic E-state index is -0.557. The van der Waals surface area contributed by atoms with Gasteiger partial charge in [-0.15, -0.1) is 0 Å². The van der Waals surface area contributed by atoms with Crippen LogP contribution < -0.4 is 10.8 Å². The zero-order chi connectivity index (χ0) is 16.8. The van der Waals surface area contributed by atoms with Crippen molar-refractivity contribution in [2.24, 2.45) is 0 Å². The summed E-state index contributed by atoms with van der Waals surface area (Å²) in [5, 5.41) is 14.4. The topological polar surface area (TPSA) is 61.4 Å². The molecule has 0 atom stereocenters. The lowest BCUT2D eigenvalue weighted by atomic mass is 10.0. The van der Waals surface area contributed by atoms with Crippen molar-refractivity contribution in [1.29, 1.82) is 0 Å². The smallest absolute Gasteiger partial charge is 0.267 e. The van der Waals surface area contributed by atoms with Crippen LogP contribution in [0.3, 0.4) is 0 Å². The van der Waals surface area contributed by atoms with Gasteiger partial charge in [0, 0.05) is 18.3 Å². The maximum atomic E-state index is 11.2. The van der Waals surface area contributed by atoms with Gasteiger partial charge in [-0.1, -0.05) is 60.7 Å². The van der Waals surface area contributed by atoms with Crippen LogP contribution in [0.15, 0.2) is 72.8 Å². The maximum absolute atomic E-state index is 11.2. The summed E-state index contributed by atoms with van der Waals surface area (Å²) in [6.07, 6.45) is 2.95. The van der Waals surface area contributed by atoms with E-state index in [4.69, 9.17) is 5.21 Å². The van der Waals surface area contributed by atoms with Crippen molar-refractivity contribution in [3.05, 3.63) is 83.9 Å². The first kappa shape index (κ1) is 15.8. The van der Waals surface area contributed by atoms with E-state index < -0.39 is 5.91 Å². The highest BCUT2D eigenvalue weighted by Gasteiger charge is 2.03. The summed E-state index contributed by atoms with van der Waals surface area (Å²) in [7, 11) is 0. The summed E-state index contributed by atoms with van der Waals surface area (Å²) < 4.78 is 0. The van der Waals surface area contributed by atoms with E-state index in [1.807, 2.05) is 36.4 Å². The third-order valence-electron chi connectivity index (χ3n) is 3.83. The molecule has 0 unspecified atom stereocenters. The fourth-order valence-corrected chi connectivity index (χ4v) is 2.64. The van der Waals surface area contributed by atoms with Crippen molar-refractivity contribution >= 4 is 28.4 Å². The molecule has 0 fully saturated rings. The van der Waals surface area contributed by atoms with E-state index in [0.29, 0.717) is 6.54 Å². The van der Waals surface area contributed by atoms with Crippen LogP contribution in [-0.4, -0.2) is 11.1 Å². The molecule has 3 aromatic rings. The number of benzene rings is 3. The molecule has 3 aromatic carbocycles. The highest BCUT2D eigenvalue weighted by atomic mass is 16.5. The molecule has 0 spiro atoms. The molecule has 0 saturated heterocycles. The van der Waals surface area contributed by atoms with Gasteiger partial charge in [0.1, 0.15) is 0 Å². The Bertz CT molecular complexity index is 882. The number of carbonyl (C=O) groups is 1. The molecule has 0 saturated carbocycles. The van der Waals surface area contributed by atoms with Gasteiger partial charge in [0.05, 0.1) is 0 Å². The Morgan fingerprint density at radius 3 is 2.58 bits per heavy atom. The fourth-order valence-electron chi connectivity index (χ4n) is 2.64. The van der Waals surface area contributed by atoms with Gasteiger partial charge in [0.25, 0.3) is 5.91 Å². The number of amides is 1. The Balaban J connectivity index is 1.82. The van der Waals surface area contributed by atoms with Crippen LogP contribution in [-0.2, 0) is 11.3 Å². The summed E-state index contributed by atoms with van der Waals surface area (Å²) in [5.74, 6) is -0.557. The van der Waals surface area contributed by atoms with Gasteiger partial charge < -0.3 is 5.32 Å². The highest BCUT2D eigenvalue weighted by Crippen LogP contribution is 2.22. The quantitative estimate of drug-likeness (QED) is 0.379. The van der Waals surface area contributed by atoms with Crippen molar-refractivity contribution in [3.63, 3.8) is 0 Å². The molecule has 24 heavy (non-hydrogen) atoms. The van der Waals surface area contributed by atoms with Crippen LogP contribution >= 0.6 is 0 Å². The Hall–Kier alpha value is -3.11. The number of anilines is 1. The third kappa shape index (κ3) is 3.62. The largest absolute Gasteiger partial charge is 0.380 e. The van der Waals surface area contributed by atoms with Gasteiger partial charge in [0.2, 0.25) is 0 Å². The molecular weight excluding hydrogens is 300 g/mol. The van der Waals surface area contributed by atoms with Gasteiger partial charge in [-0.2, -0.15) is 0 Å². The normalized spacial score (nSPS) is 10.9. The van der Waals surface area contributed by atoms with E-state index in [9.17, 15) is 4.79 Å². The minimum Gasteiger partial charge on any atom is -0.380 e. The van der Waals surface area contributed by atoms with Gasteiger partial charge in [-0.25, -0.2) is 5.48 Å². The van der Waals surface area contributed by atoms with E-state index in [1.165, 1.54) is 22.4 Å². The van der Waals surface area contributed by atoms with E-state index in [1.54, 1.807) is 11.6 Å². The summed E-state index contributed by atoms with van der Waals surface area (Å²) in [6, 6.07) is 22.3.